The van der Waals surface area contributed by atoms with Gasteiger partial charge in [0.2, 0.25) is 10.0 Å². The maximum atomic E-state index is 13.1. The smallest absolute Gasteiger partial charge is 0.271 e. The number of halogens is 1. The van der Waals surface area contributed by atoms with Gasteiger partial charge < -0.3 is 9.47 Å². The molecular weight excluding hydrogens is 393 g/mol. The quantitative estimate of drug-likeness (QED) is 0.675. The van der Waals surface area contributed by atoms with Crippen LogP contribution in [-0.4, -0.2) is 36.4 Å². The molecule has 0 aliphatic carbocycles. The molecule has 150 valence electrons. The highest BCUT2D eigenvalue weighted by atomic mass is 32.2. The summed E-state index contributed by atoms with van der Waals surface area (Å²) in [5, 5.41) is 0. The third-order valence-electron chi connectivity index (χ3n) is 4.99. The first-order valence-corrected chi connectivity index (χ1v) is 10.7. The summed E-state index contributed by atoms with van der Waals surface area (Å²) in [6.45, 7) is 0.913. The zero-order valence-corrected chi connectivity index (χ0v) is 16.3. The molecule has 0 bridgehead atoms. The maximum absolute atomic E-state index is 13.1. The number of sulfonamides is 1. The van der Waals surface area contributed by atoms with Gasteiger partial charge in [0, 0.05) is 25.8 Å². The van der Waals surface area contributed by atoms with Gasteiger partial charge in [-0.15, -0.1) is 0 Å². The Morgan fingerprint density at radius 1 is 1.00 bits per heavy atom. The summed E-state index contributed by atoms with van der Waals surface area (Å²) in [7, 11) is -3.82. The summed E-state index contributed by atoms with van der Waals surface area (Å²) in [6, 6.07) is 17.4. The van der Waals surface area contributed by atoms with E-state index in [-0.39, 0.29) is 23.4 Å². The van der Waals surface area contributed by atoms with Gasteiger partial charge in [0.1, 0.15) is 11.5 Å². The standard InChI is InChI=1S/C21H20FN3O3S/c22-17-8-10-19(11-9-17)29(27,28)23-13-18-15-24-12-4-7-20(24)21(26)25(18)14-16-5-2-1-3-6-16/h1-12,18,23H,13-15H2. The first-order valence-electron chi connectivity index (χ1n) is 9.19. The van der Waals surface area contributed by atoms with E-state index in [2.05, 4.69) is 4.72 Å². The van der Waals surface area contributed by atoms with Crippen LogP contribution in [0, 0.1) is 5.82 Å². The van der Waals surface area contributed by atoms with Crippen molar-refractivity contribution in [1.29, 1.82) is 0 Å². The van der Waals surface area contributed by atoms with E-state index in [4.69, 9.17) is 0 Å². The fraction of sp³-hybridized carbons (Fsp3) is 0.190. The third kappa shape index (κ3) is 4.08. The number of carbonyl (C=O) groups excluding carboxylic acids is 1. The number of amides is 1. The van der Waals surface area contributed by atoms with Crippen LogP contribution in [-0.2, 0) is 23.1 Å². The topological polar surface area (TPSA) is 71.4 Å². The van der Waals surface area contributed by atoms with Crippen molar-refractivity contribution in [3.8, 4) is 0 Å². The Bertz CT molecular complexity index is 1110. The minimum atomic E-state index is -3.82. The molecule has 1 aliphatic heterocycles. The molecule has 0 saturated heterocycles. The molecule has 1 aliphatic rings. The molecule has 1 aromatic heterocycles. The van der Waals surface area contributed by atoms with Crippen molar-refractivity contribution in [2.75, 3.05) is 6.54 Å². The molecule has 0 fully saturated rings. The Hall–Kier alpha value is -2.97. The third-order valence-corrected chi connectivity index (χ3v) is 6.43. The molecule has 1 amide bonds. The molecule has 3 aromatic rings. The van der Waals surface area contributed by atoms with Gasteiger partial charge in [-0.1, -0.05) is 30.3 Å². The lowest BCUT2D eigenvalue weighted by molar-refractivity contribution is 0.0578. The second-order valence-corrected chi connectivity index (χ2v) is 8.69. The van der Waals surface area contributed by atoms with Gasteiger partial charge >= 0.3 is 0 Å². The molecular formula is C21H20FN3O3S. The summed E-state index contributed by atoms with van der Waals surface area (Å²) in [4.78, 5) is 14.7. The zero-order chi connectivity index (χ0) is 20.4. The van der Waals surface area contributed by atoms with Gasteiger partial charge in [-0.25, -0.2) is 17.5 Å². The number of nitrogens with one attached hydrogen (secondary N) is 1. The highest BCUT2D eigenvalue weighted by Crippen LogP contribution is 2.21. The molecule has 2 heterocycles. The first kappa shape index (κ1) is 19.4. The Kier molecular flexibility index (Phi) is 5.21. The number of aromatic nitrogens is 1. The van der Waals surface area contributed by atoms with Gasteiger partial charge in [0.05, 0.1) is 10.9 Å². The second-order valence-electron chi connectivity index (χ2n) is 6.92. The molecule has 8 heteroatoms. The van der Waals surface area contributed by atoms with Crippen LogP contribution in [0.2, 0.25) is 0 Å². The van der Waals surface area contributed by atoms with Crippen molar-refractivity contribution in [3.05, 3.63) is 90.0 Å². The Balaban J connectivity index is 1.56. The SMILES string of the molecule is O=C1c2cccn2CC(CNS(=O)(=O)c2ccc(F)cc2)N1Cc1ccccc1. The van der Waals surface area contributed by atoms with Crippen molar-refractivity contribution < 1.29 is 17.6 Å². The van der Waals surface area contributed by atoms with Gasteiger partial charge in [-0.2, -0.15) is 0 Å². The molecule has 1 unspecified atom stereocenters. The maximum Gasteiger partial charge on any atom is 0.271 e. The second kappa shape index (κ2) is 7.81. The van der Waals surface area contributed by atoms with E-state index in [1.807, 2.05) is 41.1 Å². The van der Waals surface area contributed by atoms with Gasteiger partial charge in [0.15, 0.2) is 0 Å². The summed E-state index contributed by atoms with van der Waals surface area (Å²) in [5.41, 5.74) is 1.55. The largest absolute Gasteiger partial charge is 0.341 e. The molecule has 0 radical (unpaired) electrons. The molecule has 0 saturated carbocycles. The molecule has 0 spiro atoms. The number of fused-ring (bicyclic) bond motifs is 1. The predicted octanol–water partition coefficient (Wildman–Crippen LogP) is 2.63. The number of rotatable bonds is 6. The Labute approximate surface area is 168 Å². The first-order chi connectivity index (χ1) is 13.9. The average Bonchev–Trinajstić information content (AvgIpc) is 3.19. The predicted molar refractivity (Wildman–Crippen MR) is 106 cm³/mol. The molecule has 1 N–H and O–H groups in total. The number of nitrogens with zero attached hydrogens (tertiary/aromatic N) is 2. The summed E-state index contributed by atoms with van der Waals surface area (Å²) in [5.74, 6) is -0.646. The van der Waals surface area contributed by atoms with Gasteiger partial charge in [0.25, 0.3) is 5.91 Å². The number of carbonyl (C=O) groups is 1. The van der Waals surface area contributed by atoms with Gasteiger partial charge in [-0.05, 0) is 42.0 Å². The highest BCUT2D eigenvalue weighted by Gasteiger charge is 2.33. The Morgan fingerprint density at radius 2 is 1.72 bits per heavy atom. The normalized spacial score (nSPS) is 16.7. The van der Waals surface area contributed by atoms with Crippen molar-refractivity contribution >= 4 is 15.9 Å². The van der Waals surface area contributed by atoms with E-state index >= 15 is 0 Å². The molecule has 2 aromatic carbocycles. The van der Waals surface area contributed by atoms with Gasteiger partial charge in [-0.3, -0.25) is 4.79 Å². The summed E-state index contributed by atoms with van der Waals surface area (Å²) >= 11 is 0. The molecule has 1 atom stereocenters. The van der Waals surface area contributed by atoms with E-state index in [0.717, 1.165) is 17.7 Å². The average molecular weight is 413 g/mol. The van der Waals surface area contributed by atoms with Crippen LogP contribution in [0.25, 0.3) is 0 Å². The van der Waals surface area contributed by atoms with E-state index in [9.17, 15) is 17.6 Å². The van der Waals surface area contributed by atoms with Crippen molar-refractivity contribution in [1.82, 2.24) is 14.2 Å². The van der Waals surface area contributed by atoms with Crippen LogP contribution < -0.4 is 4.72 Å². The van der Waals surface area contributed by atoms with E-state index < -0.39 is 15.8 Å². The van der Waals surface area contributed by atoms with Crippen LogP contribution >= 0.6 is 0 Å². The van der Waals surface area contributed by atoms with Crippen molar-refractivity contribution in [2.45, 2.75) is 24.0 Å². The molecule has 6 nitrogen and oxygen atoms in total. The zero-order valence-electron chi connectivity index (χ0n) is 15.5. The van der Waals surface area contributed by atoms with E-state index in [0.29, 0.717) is 18.8 Å². The van der Waals surface area contributed by atoms with Crippen molar-refractivity contribution in [3.63, 3.8) is 0 Å². The lowest BCUT2D eigenvalue weighted by atomic mass is 10.1. The minimum absolute atomic E-state index is 0.0164. The van der Waals surface area contributed by atoms with Crippen LogP contribution in [0.4, 0.5) is 4.39 Å². The fourth-order valence-electron chi connectivity index (χ4n) is 3.46. The molecule has 29 heavy (non-hydrogen) atoms. The number of hydrogen-bond acceptors (Lipinski definition) is 3. The summed E-state index contributed by atoms with van der Waals surface area (Å²) < 4.78 is 42.7. The van der Waals surface area contributed by atoms with Crippen LogP contribution in [0.15, 0.2) is 77.8 Å². The van der Waals surface area contributed by atoms with Crippen LogP contribution in [0.5, 0.6) is 0 Å². The number of hydrogen-bond donors (Lipinski definition) is 1. The van der Waals surface area contributed by atoms with E-state index in [1.165, 1.54) is 12.1 Å². The summed E-state index contributed by atoms with van der Waals surface area (Å²) in [6.07, 6.45) is 1.81. The highest BCUT2D eigenvalue weighted by molar-refractivity contribution is 7.89. The van der Waals surface area contributed by atoms with Crippen molar-refractivity contribution in [2.24, 2.45) is 0 Å². The Morgan fingerprint density at radius 3 is 2.45 bits per heavy atom. The lowest BCUT2D eigenvalue weighted by Gasteiger charge is -2.37. The van der Waals surface area contributed by atoms with Crippen LogP contribution in [0.3, 0.4) is 0 Å². The monoisotopic (exact) mass is 413 g/mol. The van der Waals surface area contributed by atoms with Crippen LogP contribution in [0.1, 0.15) is 16.1 Å². The fourth-order valence-corrected chi connectivity index (χ4v) is 4.54. The lowest BCUT2D eigenvalue weighted by Crippen LogP contribution is -2.52. The minimum Gasteiger partial charge on any atom is -0.341 e. The number of benzene rings is 2. The molecule has 4 rings (SSSR count). The van der Waals surface area contributed by atoms with E-state index in [1.54, 1.807) is 17.0 Å².